The molecule has 1 aliphatic heterocycles. The van der Waals surface area contributed by atoms with E-state index in [1.54, 1.807) is 17.0 Å². The summed E-state index contributed by atoms with van der Waals surface area (Å²) in [5, 5.41) is 16.5. The molecule has 0 unspecified atom stereocenters. The number of anilines is 1. The minimum absolute atomic E-state index is 0.0279. The number of hydrogen-bond donors (Lipinski definition) is 0. The third kappa shape index (κ3) is 4.88. The van der Waals surface area contributed by atoms with Gasteiger partial charge < -0.3 is 18.6 Å². The molecule has 1 fully saturated rings. The number of hydrogen-bond acceptors (Lipinski definition) is 9. The zero-order valence-corrected chi connectivity index (χ0v) is 17.3. The van der Waals surface area contributed by atoms with Gasteiger partial charge in [0.2, 0.25) is 17.5 Å². The Labute approximate surface area is 183 Å². The quantitative estimate of drug-likeness (QED) is 0.504. The van der Waals surface area contributed by atoms with Crippen LogP contribution >= 0.6 is 11.8 Å². The van der Waals surface area contributed by atoms with Crippen molar-refractivity contribution in [1.82, 2.24) is 24.6 Å². The Balaban J connectivity index is 1.33. The molecule has 1 aliphatic rings. The van der Waals surface area contributed by atoms with Crippen LogP contribution in [-0.2, 0) is 11.3 Å². The Bertz CT molecular complexity index is 1110. The maximum Gasteiger partial charge on any atom is 0.406 e. The van der Waals surface area contributed by atoms with Crippen LogP contribution in [0.5, 0.6) is 0 Å². The van der Waals surface area contributed by atoms with E-state index in [-0.39, 0.29) is 28.4 Å². The molecule has 0 N–H and O–H groups in total. The van der Waals surface area contributed by atoms with Crippen LogP contribution in [-0.4, -0.2) is 68.7 Å². The van der Waals surface area contributed by atoms with E-state index in [0.29, 0.717) is 37.8 Å². The predicted molar refractivity (Wildman–Crippen MR) is 105 cm³/mol. The fraction of sp³-hybridized carbons (Fsp3) is 0.389. The molecular formula is C18H16F3N7O3S. The van der Waals surface area contributed by atoms with Gasteiger partial charge in [-0.15, -0.1) is 10.2 Å². The largest absolute Gasteiger partial charge is 0.459 e. The third-order valence-electron chi connectivity index (χ3n) is 4.62. The van der Waals surface area contributed by atoms with Crippen molar-refractivity contribution in [2.24, 2.45) is 0 Å². The minimum Gasteiger partial charge on any atom is -0.459 e. The highest BCUT2D eigenvalue weighted by atomic mass is 32.2. The number of carbonyl (C=O) groups is 1. The number of rotatable bonds is 6. The molecule has 1 amide bonds. The molecule has 3 aromatic heterocycles. The van der Waals surface area contributed by atoms with Gasteiger partial charge >= 0.3 is 6.18 Å². The number of piperazine rings is 1. The summed E-state index contributed by atoms with van der Waals surface area (Å²) in [5.74, 6) is 0.605. The zero-order valence-electron chi connectivity index (χ0n) is 16.4. The molecule has 3 aromatic rings. The summed E-state index contributed by atoms with van der Waals surface area (Å²) in [6, 6.07) is 5.35. The van der Waals surface area contributed by atoms with Crippen molar-refractivity contribution in [2.75, 3.05) is 36.8 Å². The summed E-state index contributed by atoms with van der Waals surface area (Å²) in [6.45, 7) is 0.310. The maximum absolute atomic E-state index is 12.6. The van der Waals surface area contributed by atoms with Gasteiger partial charge in [-0.2, -0.15) is 23.4 Å². The van der Waals surface area contributed by atoms with Gasteiger partial charge in [-0.05, 0) is 12.1 Å². The number of furan rings is 1. The van der Waals surface area contributed by atoms with Gasteiger partial charge in [0.1, 0.15) is 18.9 Å². The summed E-state index contributed by atoms with van der Waals surface area (Å²) in [6.07, 6.45) is -1.95. The van der Waals surface area contributed by atoms with Gasteiger partial charge in [0.05, 0.1) is 12.0 Å². The molecule has 0 bridgehead atoms. The lowest BCUT2D eigenvalue weighted by Crippen LogP contribution is -2.49. The Morgan fingerprint density at radius 2 is 2.06 bits per heavy atom. The molecular weight excluding hydrogens is 451 g/mol. The highest BCUT2D eigenvalue weighted by Crippen LogP contribution is 2.29. The molecule has 10 nitrogen and oxygen atoms in total. The van der Waals surface area contributed by atoms with E-state index in [4.69, 9.17) is 8.83 Å². The lowest BCUT2D eigenvalue weighted by atomic mass is 10.3. The maximum atomic E-state index is 12.6. The van der Waals surface area contributed by atoms with Gasteiger partial charge in [-0.1, -0.05) is 11.8 Å². The third-order valence-corrected chi connectivity index (χ3v) is 5.59. The second-order valence-corrected chi connectivity index (χ2v) is 7.72. The molecule has 168 valence electrons. The predicted octanol–water partition coefficient (Wildman–Crippen LogP) is 2.40. The molecule has 0 aromatic carbocycles. The van der Waals surface area contributed by atoms with E-state index in [2.05, 4.69) is 15.2 Å². The van der Waals surface area contributed by atoms with Crippen LogP contribution in [0.1, 0.15) is 5.69 Å². The number of halogens is 3. The Morgan fingerprint density at radius 1 is 1.28 bits per heavy atom. The first-order valence-corrected chi connectivity index (χ1v) is 10.4. The molecule has 0 atom stereocenters. The molecule has 1 saturated heterocycles. The second-order valence-electron chi connectivity index (χ2n) is 6.77. The summed E-state index contributed by atoms with van der Waals surface area (Å²) in [4.78, 5) is 20.1. The van der Waals surface area contributed by atoms with E-state index in [1.165, 1.54) is 6.26 Å². The number of alkyl halides is 3. The van der Waals surface area contributed by atoms with E-state index < -0.39 is 12.7 Å². The van der Waals surface area contributed by atoms with Crippen molar-refractivity contribution < 1.29 is 26.8 Å². The van der Waals surface area contributed by atoms with Gasteiger partial charge in [-0.25, -0.2) is 0 Å². The molecule has 0 saturated carbocycles. The van der Waals surface area contributed by atoms with E-state index in [9.17, 15) is 23.2 Å². The van der Waals surface area contributed by atoms with Crippen LogP contribution in [0.3, 0.4) is 0 Å². The number of nitrogens with zero attached hydrogens (tertiary/aromatic N) is 7. The lowest BCUT2D eigenvalue weighted by Gasteiger charge is -2.34. The Morgan fingerprint density at radius 3 is 2.72 bits per heavy atom. The van der Waals surface area contributed by atoms with Gasteiger partial charge in [0, 0.05) is 26.2 Å². The fourth-order valence-electron chi connectivity index (χ4n) is 3.14. The molecule has 4 heterocycles. The number of nitriles is 1. The Kier molecular flexibility index (Phi) is 6.08. The SMILES string of the molecule is N#Cc1nc(-c2ccco2)oc1N1CCN(C(=O)CSc2nncn2CC(F)(F)F)CC1. The zero-order chi connectivity index (χ0) is 22.7. The van der Waals surface area contributed by atoms with E-state index in [1.807, 2.05) is 11.0 Å². The van der Waals surface area contributed by atoms with Crippen molar-refractivity contribution in [3.63, 3.8) is 0 Å². The minimum atomic E-state index is -4.40. The first kappa shape index (κ1) is 21.8. The van der Waals surface area contributed by atoms with Crippen LogP contribution in [0, 0.1) is 11.3 Å². The topological polar surface area (TPSA) is 117 Å². The monoisotopic (exact) mass is 467 g/mol. The van der Waals surface area contributed by atoms with Crippen LogP contribution in [0.25, 0.3) is 11.7 Å². The first-order valence-electron chi connectivity index (χ1n) is 9.39. The molecule has 4 rings (SSSR count). The fourth-order valence-corrected chi connectivity index (χ4v) is 3.96. The standard InChI is InChI=1S/C18H16F3N7O3S/c19-18(20,21)10-28-11-23-25-17(28)32-9-14(29)26-3-5-27(6-4-26)16-12(8-22)24-15(31-16)13-2-1-7-30-13/h1-2,7,11H,3-6,9-10H2. The lowest BCUT2D eigenvalue weighted by molar-refractivity contribution is -0.142. The van der Waals surface area contributed by atoms with Gasteiger partial charge in [0.25, 0.3) is 5.89 Å². The Hall–Kier alpha value is -3.47. The summed E-state index contributed by atoms with van der Waals surface area (Å²) >= 11 is 0.904. The average Bonchev–Trinajstić information content (AvgIpc) is 3.51. The molecule has 32 heavy (non-hydrogen) atoms. The smallest absolute Gasteiger partial charge is 0.406 e. The number of amides is 1. The number of thioether (sulfide) groups is 1. The molecule has 0 radical (unpaired) electrons. The van der Waals surface area contributed by atoms with E-state index >= 15 is 0 Å². The average molecular weight is 467 g/mol. The van der Waals surface area contributed by atoms with Crippen molar-refractivity contribution in [3.8, 4) is 17.7 Å². The van der Waals surface area contributed by atoms with Crippen LogP contribution in [0.15, 0.2) is 38.7 Å². The van der Waals surface area contributed by atoms with Crippen LogP contribution in [0.4, 0.5) is 19.1 Å². The highest BCUT2D eigenvalue weighted by molar-refractivity contribution is 7.99. The molecule has 14 heteroatoms. The van der Waals surface area contributed by atoms with Crippen LogP contribution in [0.2, 0.25) is 0 Å². The summed E-state index contributed by atoms with van der Waals surface area (Å²) in [7, 11) is 0. The van der Waals surface area contributed by atoms with E-state index in [0.717, 1.165) is 22.7 Å². The number of oxazole rings is 1. The first-order chi connectivity index (χ1) is 15.3. The van der Waals surface area contributed by atoms with Crippen molar-refractivity contribution >= 4 is 23.6 Å². The van der Waals surface area contributed by atoms with Crippen LogP contribution < -0.4 is 4.90 Å². The molecule has 0 aliphatic carbocycles. The second kappa shape index (κ2) is 8.95. The number of aromatic nitrogens is 4. The van der Waals surface area contributed by atoms with Crippen molar-refractivity contribution in [1.29, 1.82) is 5.26 Å². The summed E-state index contributed by atoms with van der Waals surface area (Å²) < 4.78 is 49.6. The normalized spacial score (nSPS) is 14.6. The van der Waals surface area contributed by atoms with Gasteiger partial charge in [0.15, 0.2) is 10.9 Å². The van der Waals surface area contributed by atoms with Gasteiger partial charge in [-0.3, -0.25) is 9.36 Å². The number of carbonyl (C=O) groups excluding carboxylic acids is 1. The molecule has 0 spiro atoms. The summed E-state index contributed by atoms with van der Waals surface area (Å²) in [5.41, 5.74) is 0.121. The highest BCUT2D eigenvalue weighted by Gasteiger charge is 2.30. The van der Waals surface area contributed by atoms with Crippen molar-refractivity contribution in [2.45, 2.75) is 17.9 Å². The van der Waals surface area contributed by atoms with Crippen molar-refractivity contribution in [3.05, 3.63) is 30.4 Å².